The molecule has 1 aromatic heterocycles. The highest BCUT2D eigenvalue weighted by Crippen LogP contribution is 2.22. The highest BCUT2D eigenvalue weighted by Gasteiger charge is 2.32. The van der Waals surface area contributed by atoms with Crippen molar-refractivity contribution in [3.05, 3.63) is 100 Å². The molecule has 10 nitrogen and oxygen atoms in total. The Balaban J connectivity index is 1.64. The molecule has 2 atom stereocenters. The summed E-state index contributed by atoms with van der Waals surface area (Å²) in [4.78, 5) is 26.0. The van der Waals surface area contributed by atoms with E-state index in [0.29, 0.717) is 11.1 Å². The number of sulfonamides is 1. The summed E-state index contributed by atoms with van der Waals surface area (Å²) in [6.07, 6.45) is -1.18. The molecule has 0 aliphatic heterocycles. The number of anilines is 1. The Labute approximate surface area is 238 Å². The van der Waals surface area contributed by atoms with E-state index >= 15 is 0 Å². The topological polar surface area (TPSA) is 163 Å². The Hall–Kier alpha value is -4.19. The maximum absolute atomic E-state index is 13.5. The molecular formula is C30H33N3O7S. The number of benzene rings is 3. The first-order chi connectivity index (χ1) is 19.4. The summed E-state index contributed by atoms with van der Waals surface area (Å²) < 4.78 is 33.5. The van der Waals surface area contributed by atoms with Crippen LogP contribution in [-0.4, -0.2) is 54.1 Å². The summed E-state index contributed by atoms with van der Waals surface area (Å²) in [7, 11) is -4.01. The second-order valence-corrected chi connectivity index (χ2v) is 12.2. The molecule has 1 amide bonds. The zero-order chi connectivity index (χ0) is 29.7. The third-order valence-electron chi connectivity index (χ3n) is 6.52. The number of phenols is 1. The van der Waals surface area contributed by atoms with Gasteiger partial charge in [-0.15, -0.1) is 0 Å². The fraction of sp³-hybridized carbons (Fsp3) is 0.267. The molecule has 0 radical (unpaired) electrons. The van der Waals surface area contributed by atoms with E-state index in [1.54, 1.807) is 0 Å². The van der Waals surface area contributed by atoms with Crippen LogP contribution >= 0.6 is 0 Å². The lowest BCUT2D eigenvalue weighted by Gasteiger charge is -2.30. The fourth-order valence-electron chi connectivity index (χ4n) is 4.46. The lowest BCUT2D eigenvalue weighted by molar-refractivity contribution is 0.0773. The van der Waals surface area contributed by atoms with E-state index in [2.05, 4.69) is 5.32 Å². The summed E-state index contributed by atoms with van der Waals surface area (Å²) in [6.45, 7) is 3.53. The number of carbonyl (C=O) groups excluding carboxylic acids is 1. The number of amides is 1. The van der Waals surface area contributed by atoms with Crippen LogP contribution in [0.5, 0.6) is 5.75 Å². The molecule has 4 rings (SSSR count). The van der Waals surface area contributed by atoms with Crippen LogP contribution in [0, 0.1) is 5.92 Å². The van der Waals surface area contributed by atoms with Gasteiger partial charge in [-0.1, -0.05) is 44.2 Å². The fourth-order valence-corrected chi connectivity index (χ4v) is 6.08. The molecule has 11 heteroatoms. The summed E-state index contributed by atoms with van der Waals surface area (Å²) in [5.74, 6) is -0.941. The Morgan fingerprint density at radius 2 is 1.68 bits per heavy atom. The number of nitrogen functional groups attached to an aromatic ring is 1. The van der Waals surface area contributed by atoms with Crippen molar-refractivity contribution in [1.29, 1.82) is 0 Å². The molecule has 0 aliphatic rings. The third-order valence-corrected chi connectivity index (χ3v) is 8.37. The molecule has 0 unspecified atom stereocenters. The molecule has 41 heavy (non-hydrogen) atoms. The maximum Gasteiger partial charge on any atom is 0.349 e. The number of hydrogen-bond acceptors (Lipinski definition) is 8. The average molecular weight is 580 g/mol. The van der Waals surface area contributed by atoms with Gasteiger partial charge < -0.3 is 25.7 Å². The van der Waals surface area contributed by atoms with Crippen LogP contribution in [-0.2, 0) is 16.4 Å². The molecule has 4 aromatic rings. The van der Waals surface area contributed by atoms with Gasteiger partial charge in [0.2, 0.25) is 10.0 Å². The van der Waals surface area contributed by atoms with Crippen molar-refractivity contribution in [2.45, 2.75) is 37.3 Å². The zero-order valence-corrected chi connectivity index (χ0v) is 23.5. The Morgan fingerprint density at radius 3 is 2.34 bits per heavy atom. The molecule has 1 heterocycles. The molecule has 0 aliphatic carbocycles. The van der Waals surface area contributed by atoms with Gasteiger partial charge in [0.15, 0.2) is 0 Å². The van der Waals surface area contributed by atoms with E-state index < -0.39 is 33.7 Å². The summed E-state index contributed by atoms with van der Waals surface area (Å²) in [5.41, 5.74) is 5.85. The molecule has 216 valence electrons. The van der Waals surface area contributed by atoms with Crippen LogP contribution in [0.15, 0.2) is 93.0 Å². The van der Waals surface area contributed by atoms with E-state index in [4.69, 9.17) is 10.2 Å². The molecule has 5 N–H and O–H groups in total. The van der Waals surface area contributed by atoms with Gasteiger partial charge in [0.25, 0.3) is 5.91 Å². The predicted octanol–water partition coefficient (Wildman–Crippen LogP) is 3.13. The SMILES string of the molecule is CC(C)CN(C[C@@H](O)[C@H](Cc1ccccc1)NC(=O)c1cc2ccc(O)cc2oc1=O)S(=O)(=O)c1ccc(N)cc1. The lowest BCUT2D eigenvalue weighted by atomic mass is 10.0. The Bertz CT molecular complexity index is 1670. The van der Waals surface area contributed by atoms with E-state index in [1.165, 1.54) is 52.8 Å². The van der Waals surface area contributed by atoms with Crippen LogP contribution < -0.4 is 16.7 Å². The van der Waals surface area contributed by atoms with Crippen molar-refractivity contribution in [2.75, 3.05) is 18.8 Å². The normalized spacial score (nSPS) is 13.4. The van der Waals surface area contributed by atoms with Crippen molar-refractivity contribution in [3.63, 3.8) is 0 Å². The van der Waals surface area contributed by atoms with Crippen molar-refractivity contribution in [2.24, 2.45) is 5.92 Å². The number of hydrogen-bond donors (Lipinski definition) is 4. The number of nitrogens with two attached hydrogens (primary N) is 1. The van der Waals surface area contributed by atoms with Gasteiger partial charge in [0.1, 0.15) is 16.9 Å². The molecular weight excluding hydrogens is 546 g/mol. The number of aliphatic hydroxyl groups excluding tert-OH is 1. The highest BCUT2D eigenvalue weighted by atomic mass is 32.2. The predicted molar refractivity (Wildman–Crippen MR) is 156 cm³/mol. The van der Waals surface area contributed by atoms with Crippen LogP contribution in [0.25, 0.3) is 11.0 Å². The van der Waals surface area contributed by atoms with Gasteiger partial charge in [0.05, 0.1) is 17.0 Å². The first-order valence-electron chi connectivity index (χ1n) is 13.1. The van der Waals surface area contributed by atoms with E-state index in [1.807, 2.05) is 44.2 Å². The number of carbonyl (C=O) groups is 1. The van der Waals surface area contributed by atoms with E-state index in [0.717, 1.165) is 5.56 Å². The largest absolute Gasteiger partial charge is 0.508 e. The van der Waals surface area contributed by atoms with Gasteiger partial charge in [-0.3, -0.25) is 4.79 Å². The van der Waals surface area contributed by atoms with E-state index in [9.17, 15) is 28.2 Å². The third kappa shape index (κ3) is 7.31. The molecule has 0 saturated carbocycles. The first kappa shape index (κ1) is 29.8. The Morgan fingerprint density at radius 1 is 1.00 bits per heavy atom. The summed E-state index contributed by atoms with van der Waals surface area (Å²) >= 11 is 0. The minimum absolute atomic E-state index is 0.0306. The molecule has 0 bridgehead atoms. The summed E-state index contributed by atoms with van der Waals surface area (Å²) in [6, 6.07) is 19.4. The number of nitrogens with one attached hydrogen (secondary N) is 1. The van der Waals surface area contributed by atoms with Gasteiger partial charge in [-0.05, 0) is 60.4 Å². The van der Waals surface area contributed by atoms with Crippen molar-refractivity contribution in [1.82, 2.24) is 9.62 Å². The average Bonchev–Trinajstić information content (AvgIpc) is 2.92. The van der Waals surface area contributed by atoms with Crippen LogP contribution in [0.3, 0.4) is 0 Å². The van der Waals surface area contributed by atoms with E-state index in [-0.39, 0.29) is 47.2 Å². The van der Waals surface area contributed by atoms with Gasteiger partial charge in [0, 0.05) is 30.2 Å². The Kier molecular flexibility index (Phi) is 9.11. The number of aromatic hydroxyl groups is 1. The number of aliphatic hydroxyl groups is 1. The lowest BCUT2D eigenvalue weighted by Crippen LogP contribution is -2.51. The van der Waals surface area contributed by atoms with Crippen LogP contribution in [0.4, 0.5) is 5.69 Å². The molecule has 3 aromatic carbocycles. The number of rotatable bonds is 11. The first-order valence-corrected chi connectivity index (χ1v) is 14.5. The van der Waals surface area contributed by atoms with Crippen molar-refractivity contribution in [3.8, 4) is 5.75 Å². The van der Waals surface area contributed by atoms with Crippen LogP contribution in [0.2, 0.25) is 0 Å². The minimum atomic E-state index is -4.01. The molecule has 0 fully saturated rings. The maximum atomic E-state index is 13.5. The highest BCUT2D eigenvalue weighted by molar-refractivity contribution is 7.89. The summed E-state index contributed by atoms with van der Waals surface area (Å²) in [5, 5.41) is 24.2. The van der Waals surface area contributed by atoms with Gasteiger partial charge in [-0.2, -0.15) is 4.31 Å². The zero-order valence-electron chi connectivity index (χ0n) is 22.7. The molecule has 0 saturated heterocycles. The molecule has 0 spiro atoms. The second-order valence-electron chi connectivity index (χ2n) is 10.3. The number of nitrogens with zero attached hydrogens (tertiary/aromatic N) is 1. The second kappa shape index (κ2) is 12.5. The number of phenolic OH excluding ortho intramolecular Hbond substituents is 1. The van der Waals surface area contributed by atoms with Crippen molar-refractivity contribution >= 4 is 32.6 Å². The standard InChI is InChI=1S/C30H33N3O7S/c1-19(2)17-33(41(38,39)24-12-9-22(31)10-13-24)18-27(35)26(14-20-6-4-3-5-7-20)32-29(36)25-15-21-8-11-23(34)16-28(21)40-30(25)37/h3-13,15-16,19,26-27,34-35H,14,17-18,31H2,1-2H3,(H,32,36)/t26-,27+/m0/s1. The minimum Gasteiger partial charge on any atom is -0.508 e. The van der Waals surface area contributed by atoms with Gasteiger partial charge >= 0.3 is 5.63 Å². The monoisotopic (exact) mass is 579 g/mol. The van der Waals surface area contributed by atoms with Crippen molar-refractivity contribution < 1.29 is 27.8 Å². The smallest absolute Gasteiger partial charge is 0.349 e. The number of fused-ring (bicyclic) bond motifs is 1. The quantitative estimate of drug-likeness (QED) is 0.156. The van der Waals surface area contributed by atoms with Crippen LogP contribution in [0.1, 0.15) is 29.8 Å². The van der Waals surface area contributed by atoms with Gasteiger partial charge in [-0.25, -0.2) is 13.2 Å².